The number of hydrogen-bond acceptors (Lipinski definition) is 7. The van der Waals surface area contributed by atoms with Crippen molar-refractivity contribution in [3.05, 3.63) is 36.0 Å². The minimum absolute atomic E-state index is 0.0387. The third-order valence-electron chi connectivity index (χ3n) is 5.21. The van der Waals surface area contributed by atoms with Crippen LogP contribution in [0.2, 0.25) is 0 Å². The third-order valence-corrected chi connectivity index (χ3v) is 5.21. The average molecular weight is 379 g/mol. The first-order valence-electron chi connectivity index (χ1n) is 9.57. The molecule has 0 N–H and O–H groups in total. The molecule has 4 heterocycles. The fraction of sp³-hybridized carbons (Fsp3) is 0.421. The van der Waals surface area contributed by atoms with Gasteiger partial charge in [0.2, 0.25) is 11.9 Å². The van der Waals surface area contributed by atoms with Crippen LogP contribution in [-0.2, 0) is 22.5 Å². The summed E-state index contributed by atoms with van der Waals surface area (Å²) in [7, 11) is 0. The van der Waals surface area contributed by atoms with Gasteiger partial charge in [0.25, 0.3) is 0 Å². The van der Waals surface area contributed by atoms with Crippen LogP contribution in [0.5, 0.6) is 0 Å². The highest BCUT2D eigenvalue weighted by atomic mass is 16.5. The molecule has 28 heavy (non-hydrogen) atoms. The number of aryl methyl sites for hydroxylation is 1. The summed E-state index contributed by atoms with van der Waals surface area (Å²) >= 11 is 0. The molecule has 0 unspecified atom stereocenters. The maximum atomic E-state index is 13.1. The van der Waals surface area contributed by atoms with Gasteiger partial charge in [0.1, 0.15) is 17.9 Å². The molecule has 3 aromatic rings. The quantitative estimate of drug-likeness (QED) is 0.672. The molecule has 9 nitrogen and oxygen atoms in total. The third kappa shape index (κ3) is 3.07. The summed E-state index contributed by atoms with van der Waals surface area (Å²) in [5.41, 5.74) is 2.65. The second-order valence-electron chi connectivity index (χ2n) is 7.00. The SMILES string of the molecule is O=C(Cn1nnc2ccccc21)N1CCCc2cnc(N3CCOCC3)nc21. The summed E-state index contributed by atoms with van der Waals surface area (Å²) < 4.78 is 7.06. The van der Waals surface area contributed by atoms with Crippen LogP contribution in [0, 0.1) is 0 Å². The number of hydrogen-bond donors (Lipinski definition) is 0. The van der Waals surface area contributed by atoms with E-state index < -0.39 is 0 Å². The Morgan fingerprint density at radius 2 is 2.00 bits per heavy atom. The van der Waals surface area contributed by atoms with Gasteiger partial charge >= 0.3 is 0 Å². The number of carbonyl (C=O) groups is 1. The van der Waals surface area contributed by atoms with E-state index in [9.17, 15) is 4.79 Å². The van der Waals surface area contributed by atoms with Crippen molar-refractivity contribution in [2.75, 3.05) is 42.6 Å². The number of aromatic nitrogens is 5. The Labute approximate surface area is 161 Å². The van der Waals surface area contributed by atoms with Gasteiger partial charge in [0.05, 0.1) is 18.7 Å². The molecule has 0 aliphatic carbocycles. The number of para-hydroxylation sites is 1. The molecule has 1 saturated heterocycles. The Kier molecular flexibility index (Phi) is 4.36. The summed E-state index contributed by atoms with van der Waals surface area (Å²) in [6.45, 7) is 3.65. The number of amides is 1. The second-order valence-corrected chi connectivity index (χ2v) is 7.00. The second kappa shape index (κ2) is 7.16. The number of benzene rings is 1. The molecule has 2 aromatic heterocycles. The monoisotopic (exact) mass is 379 g/mol. The number of ether oxygens (including phenoxy) is 1. The number of carbonyl (C=O) groups excluding carboxylic acids is 1. The van der Waals surface area contributed by atoms with Gasteiger partial charge in [0.15, 0.2) is 0 Å². The van der Waals surface area contributed by atoms with Gasteiger partial charge in [-0.1, -0.05) is 17.3 Å². The van der Waals surface area contributed by atoms with Crippen LogP contribution >= 0.6 is 0 Å². The Hall–Kier alpha value is -3.07. The van der Waals surface area contributed by atoms with Crippen molar-refractivity contribution < 1.29 is 9.53 Å². The molecule has 0 bridgehead atoms. The van der Waals surface area contributed by atoms with Gasteiger partial charge in [-0.2, -0.15) is 4.98 Å². The molecule has 2 aliphatic heterocycles. The molecule has 144 valence electrons. The first kappa shape index (κ1) is 17.1. The van der Waals surface area contributed by atoms with Gasteiger partial charge in [0, 0.05) is 31.4 Å². The van der Waals surface area contributed by atoms with Gasteiger partial charge in [-0.3, -0.25) is 9.69 Å². The topological polar surface area (TPSA) is 89.3 Å². The Bertz CT molecular complexity index is 1010. The lowest BCUT2D eigenvalue weighted by Crippen LogP contribution is -2.40. The zero-order valence-electron chi connectivity index (χ0n) is 15.5. The normalized spacial score (nSPS) is 17.0. The number of anilines is 2. The van der Waals surface area contributed by atoms with Gasteiger partial charge in [-0.05, 0) is 25.0 Å². The number of nitrogens with zero attached hydrogens (tertiary/aromatic N) is 7. The van der Waals surface area contributed by atoms with Crippen LogP contribution in [0.4, 0.5) is 11.8 Å². The van der Waals surface area contributed by atoms with Crippen LogP contribution in [0.3, 0.4) is 0 Å². The van der Waals surface area contributed by atoms with E-state index in [1.54, 1.807) is 9.58 Å². The lowest BCUT2D eigenvalue weighted by atomic mass is 10.1. The fourth-order valence-corrected chi connectivity index (χ4v) is 3.74. The van der Waals surface area contributed by atoms with Crippen molar-refractivity contribution >= 4 is 28.7 Å². The standard InChI is InChI=1S/C19H21N7O2/c27-17(13-26-16-6-2-1-5-15(16)22-23-26)25-7-3-4-14-12-20-19(21-18(14)25)24-8-10-28-11-9-24/h1-2,5-6,12H,3-4,7-11,13H2. The maximum Gasteiger partial charge on any atom is 0.249 e. The highest BCUT2D eigenvalue weighted by Gasteiger charge is 2.27. The lowest BCUT2D eigenvalue weighted by Gasteiger charge is -2.31. The molecule has 0 spiro atoms. The zero-order valence-corrected chi connectivity index (χ0v) is 15.5. The minimum Gasteiger partial charge on any atom is -0.378 e. The Balaban J connectivity index is 1.42. The summed E-state index contributed by atoms with van der Waals surface area (Å²) in [4.78, 5) is 26.2. The predicted octanol–water partition coefficient (Wildman–Crippen LogP) is 1.04. The maximum absolute atomic E-state index is 13.1. The molecule has 0 radical (unpaired) electrons. The van der Waals surface area contributed by atoms with E-state index in [1.807, 2.05) is 30.5 Å². The Morgan fingerprint density at radius 3 is 2.89 bits per heavy atom. The van der Waals surface area contributed by atoms with Gasteiger partial charge in [-0.15, -0.1) is 5.10 Å². The van der Waals surface area contributed by atoms with Crippen LogP contribution in [0.15, 0.2) is 30.5 Å². The van der Waals surface area contributed by atoms with Crippen LogP contribution in [0.1, 0.15) is 12.0 Å². The summed E-state index contributed by atoms with van der Waals surface area (Å²) in [6, 6.07) is 7.64. The largest absolute Gasteiger partial charge is 0.378 e. The molecule has 1 aromatic carbocycles. The molecule has 1 fully saturated rings. The van der Waals surface area contributed by atoms with Crippen LogP contribution in [-0.4, -0.2) is 63.7 Å². The van der Waals surface area contributed by atoms with Crippen molar-refractivity contribution in [3.63, 3.8) is 0 Å². The van der Waals surface area contributed by atoms with E-state index in [-0.39, 0.29) is 12.5 Å². The van der Waals surface area contributed by atoms with E-state index in [0.717, 1.165) is 48.3 Å². The average Bonchev–Trinajstić information content (AvgIpc) is 3.16. The van der Waals surface area contributed by atoms with Crippen molar-refractivity contribution in [1.29, 1.82) is 0 Å². The number of morpholine rings is 1. The predicted molar refractivity (Wildman–Crippen MR) is 103 cm³/mol. The minimum atomic E-state index is -0.0387. The fourth-order valence-electron chi connectivity index (χ4n) is 3.74. The first-order chi connectivity index (χ1) is 13.8. The smallest absolute Gasteiger partial charge is 0.249 e. The molecular formula is C19H21N7O2. The first-order valence-corrected chi connectivity index (χ1v) is 9.57. The molecule has 5 rings (SSSR count). The van der Waals surface area contributed by atoms with Crippen LogP contribution in [0.25, 0.3) is 11.0 Å². The van der Waals surface area contributed by atoms with E-state index in [0.29, 0.717) is 25.7 Å². The van der Waals surface area contributed by atoms with Gasteiger partial charge < -0.3 is 9.64 Å². The van der Waals surface area contributed by atoms with Crippen molar-refractivity contribution in [1.82, 2.24) is 25.0 Å². The highest BCUT2D eigenvalue weighted by molar-refractivity contribution is 5.94. The van der Waals surface area contributed by atoms with Crippen molar-refractivity contribution in [2.45, 2.75) is 19.4 Å². The van der Waals surface area contributed by atoms with Crippen molar-refractivity contribution in [2.24, 2.45) is 0 Å². The Morgan fingerprint density at radius 1 is 1.14 bits per heavy atom. The summed E-state index contributed by atoms with van der Waals surface area (Å²) in [5, 5.41) is 8.28. The van der Waals surface area contributed by atoms with Crippen LogP contribution < -0.4 is 9.80 Å². The van der Waals surface area contributed by atoms with Crippen molar-refractivity contribution in [3.8, 4) is 0 Å². The summed E-state index contributed by atoms with van der Waals surface area (Å²) in [6.07, 6.45) is 3.64. The summed E-state index contributed by atoms with van der Waals surface area (Å²) in [5.74, 6) is 1.34. The molecule has 0 atom stereocenters. The zero-order chi connectivity index (χ0) is 18.9. The molecule has 1 amide bonds. The van der Waals surface area contributed by atoms with E-state index in [2.05, 4.69) is 20.2 Å². The molecule has 0 saturated carbocycles. The highest BCUT2D eigenvalue weighted by Crippen LogP contribution is 2.27. The number of rotatable bonds is 3. The van der Waals surface area contributed by atoms with E-state index >= 15 is 0 Å². The van der Waals surface area contributed by atoms with E-state index in [4.69, 9.17) is 9.72 Å². The molecule has 2 aliphatic rings. The molecular weight excluding hydrogens is 358 g/mol. The molecule has 9 heteroatoms. The lowest BCUT2D eigenvalue weighted by molar-refractivity contribution is -0.119. The van der Waals surface area contributed by atoms with E-state index in [1.165, 1.54) is 0 Å². The number of fused-ring (bicyclic) bond motifs is 2. The van der Waals surface area contributed by atoms with Gasteiger partial charge in [-0.25, -0.2) is 9.67 Å².